The third kappa shape index (κ3) is 2.91. The molecule has 1 saturated carbocycles. The van der Waals surface area contributed by atoms with Gasteiger partial charge in [0.25, 0.3) is 0 Å². The Morgan fingerprint density at radius 2 is 2.14 bits per heavy atom. The summed E-state index contributed by atoms with van der Waals surface area (Å²) >= 11 is 0. The summed E-state index contributed by atoms with van der Waals surface area (Å²) < 4.78 is 17.5. The lowest BCUT2D eigenvalue weighted by Crippen LogP contribution is -2.41. The minimum absolute atomic E-state index is 0.00622. The molecule has 4 heteroatoms. The van der Waals surface area contributed by atoms with E-state index in [9.17, 15) is 4.79 Å². The van der Waals surface area contributed by atoms with Crippen LogP contribution in [0.2, 0.25) is 0 Å². The van der Waals surface area contributed by atoms with Gasteiger partial charge in [-0.15, -0.1) is 0 Å². The topological polar surface area (TPSA) is 44.8 Å². The van der Waals surface area contributed by atoms with Gasteiger partial charge in [-0.1, -0.05) is 18.9 Å². The first kappa shape index (κ1) is 14.4. The summed E-state index contributed by atoms with van der Waals surface area (Å²) in [5.41, 5.74) is 0.549. The number of benzene rings is 1. The first-order valence-electron chi connectivity index (χ1n) is 7.69. The maximum Gasteiger partial charge on any atom is 0.172 e. The second kappa shape index (κ2) is 6.06. The van der Waals surface area contributed by atoms with E-state index >= 15 is 0 Å². The van der Waals surface area contributed by atoms with Crippen molar-refractivity contribution in [3.8, 4) is 11.5 Å². The van der Waals surface area contributed by atoms with Crippen molar-refractivity contribution in [2.24, 2.45) is 0 Å². The molecule has 0 N–H and O–H groups in total. The summed E-state index contributed by atoms with van der Waals surface area (Å²) in [6, 6.07) is 5.39. The van der Waals surface area contributed by atoms with E-state index in [1.54, 1.807) is 19.2 Å². The third-order valence-corrected chi connectivity index (χ3v) is 4.60. The Morgan fingerprint density at radius 1 is 1.33 bits per heavy atom. The molecule has 0 aromatic heterocycles. The average Bonchev–Trinajstić information content (AvgIpc) is 2.95. The number of carbonyl (C=O) groups excluding carboxylic acids is 1. The molecule has 21 heavy (non-hydrogen) atoms. The maximum atomic E-state index is 11.2. The van der Waals surface area contributed by atoms with Crippen LogP contribution in [0.1, 0.15) is 48.9 Å². The highest BCUT2D eigenvalue weighted by Gasteiger charge is 2.41. The summed E-state index contributed by atoms with van der Waals surface area (Å²) in [5, 5.41) is 0. The van der Waals surface area contributed by atoms with Crippen molar-refractivity contribution >= 4 is 6.29 Å². The molecule has 2 aliphatic rings. The molecule has 0 radical (unpaired) electrons. The van der Waals surface area contributed by atoms with Crippen LogP contribution in [0.3, 0.4) is 0 Å². The zero-order valence-electron chi connectivity index (χ0n) is 12.5. The molecule has 1 saturated heterocycles. The number of aldehydes is 1. The molecule has 1 aliphatic carbocycles. The zero-order valence-corrected chi connectivity index (χ0v) is 12.5. The van der Waals surface area contributed by atoms with E-state index < -0.39 is 0 Å². The lowest BCUT2D eigenvalue weighted by Gasteiger charge is -2.38. The molecular formula is C17H22O4. The van der Waals surface area contributed by atoms with Crippen LogP contribution in [-0.4, -0.2) is 31.7 Å². The van der Waals surface area contributed by atoms with Gasteiger partial charge in [-0.3, -0.25) is 4.79 Å². The van der Waals surface area contributed by atoms with Crippen molar-refractivity contribution < 1.29 is 19.0 Å². The van der Waals surface area contributed by atoms with E-state index in [2.05, 4.69) is 0 Å². The van der Waals surface area contributed by atoms with Gasteiger partial charge < -0.3 is 14.2 Å². The molecule has 1 unspecified atom stereocenters. The molecule has 3 rings (SSSR count). The summed E-state index contributed by atoms with van der Waals surface area (Å²) in [4.78, 5) is 11.2. The van der Waals surface area contributed by atoms with Crippen LogP contribution in [0.5, 0.6) is 11.5 Å². The standard InChI is InChI=1S/C17H22O4/c1-19-15-6-4-5-13(12-18)16(15)21-14-7-10-20-17(11-14)8-2-3-9-17/h4-6,12,14H,2-3,7-11H2,1H3. The van der Waals surface area contributed by atoms with Crippen LogP contribution in [0.25, 0.3) is 0 Å². The number of hydrogen-bond donors (Lipinski definition) is 0. The van der Waals surface area contributed by atoms with E-state index in [1.807, 2.05) is 6.07 Å². The van der Waals surface area contributed by atoms with Gasteiger partial charge in [0.1, 0.15) is 6.10 Å². The van der Waals surface area contributed by atoms with E-state index in [0.29, 0.717) is 17.1 Å². The Kier molecular flexibility index (Phi) is 4.15. The molecule has 2 fully saturated rings. The Hall–Kier alpha value is -1.55. The van der Waals surface area contributed by atoms with Crippen LogP contribution in [0.15, 0.2) is 18.2 Å². The Bertz CT molecular complexity index is 506. The summed E-state index contributed by atoms with van der Waals surface area (Å²) in [7, 11) is 1.60. The maximum absolute atomic E-state index is 11.2. The van der Waals surface area contributed by atoms with Crippen LogP contribution in [0.4, 0.5) is 0 Å². The molecule has 0 amide bonds. The predicted molar refractivity (Wildman–Crippen MR) is 79.2 cm³/mol. The fourth-order valence-electron chi connectivity index (χ4n) is 3.53. The lowest BCUT2D eigenvalue weighted by molar-refractivity contribution is -0.108. The van der Waals surface area contributed by atoms with Gasteiger partial charge in [0.2, 0.25) is 0 Å². The van der Waals surface area contributed by atoms with Crippen LogP contribution < -0.4 is 9.47 Å². The largest absolute Gasteiger partial charge is 0.493 e. The fourth-order valence-corrected chi connectivity index (χ4v) is 3.53. The van der Waals surface area contributed by atoms with E-state index in [4.69, 9.17) is 14.2 Å². The van der Waals surface area contributed by atoms with Gasteiger partial charge in [0, 0.05) is 12.8 Å². The van der Waals surface area contributed by atoms with Crippen LogP contribution in [-0.2, 0) is 4.74 Å². The Labute approximate surface area is 125 Å². The summed E-state index contributed by atoms with van der Waals surface area (Å²) in [6.45, 7) is 0.732. The number of hydrogen-bond acceptors (Lipinski definition) is 4. The van der Waals surface area contributed by atoms with Gasteiger partial charge in [0.05, 0.1) is 24.9 Å². The minimum Gasteiger partial charge on any atom is -0.493 e. The third-order valence-electron chi connectivity index (χ3n) is 4.60. The fraction of sp³-hybridized carbons (Fsp3) is 0.588. The highest BCUT2D eigenvalue weighted by molar-refractivity contribution is 5.81. The second-order valence-corrected chi connectivity index (χ2v) is 5.97. The number of carbonyl (C=O) groups is 1. The van der Waals surface area contributed by atoms with Gasteiger partial charge >= 0.3 is 0 Å². The summed E-state index contributed by atoms with van der Waals surface area (Å²) in [6.07, 6.45) is 7.40. The smallest absolute Gasteiger partial charge is 0.172 e. The van der Waals surface area contributed by atoms with Crippen molar-refractivity contribution in [2.75, 3.05) is 13.7 Å². The normalized spacial score (nSPS) is 24.0. The van der Waals surface area contributed by atoms with Crippen molar-refractivity contribution in [3.05, 3.63) is 23.8 Å². The molecule has 1 aliphatic heterocycles. The molecule has 1 aromatic rings. The lowest BCUT2D eigenvalue weighted by atomic mass is 9.90. The van der Waals surface area contributed by atoms with Gasteiger partial charge in [-0.05, 0) is 25.0 Å². The quantitative estimate of drug-likeness (QED) is 0.797. The highest BCUT2D eigenvalue weighted by Crippen LogP contribution is 2.42. The molecule has 1 heterocycles. The minimum atomic E-state index is 0.00622. The first-order chi connectivity index (χ1) is 10.3. The number of ether oxygens (including phenoxy) is 3. The van der Waals surface area contributed by atoms with Crippen molar-refractivity contribution in [1.82, 2.24) is 0 Å². The summed E-state index contributed by atoms with van der Waals surface area (Å²) in [5.74, 6) is 1.18. The molecule has 1 atom stereocenters. The Balaban J connectivity index is 1.78. The highest BCUT2D eigenvalue weighted by atomic mass is 16.5. The molecule has 114 valence electrons. The number of rotatable bonds is 4. The molecule has 1 spiro atoms. The van der Waals surface area contributed by atoms with Crippen LogP contribution in [0, 0.1) is 0 Å². The monoisotopic (exact) mass is 290 g/mol. The number of methoxy groups -OCH3 is 1. The van der Waals surface area contributed by atoms with Gasteiger partial charge in [0.15, 0.2) is 17.8 Å². The van der Waals surface area contributed by atoms with Crippen molar-refractivity contribution in [1.29, 1.82) is 0 Å². The zero-order chi connectivity index (χ0) is 14.7. The number of para-hydroxylation sites is 1. The van der Waals surface area contributed by atoms with Crippen molar-refractivity contribution in [3.63, 3.8) is 0 Å². The predicted octanol–water partition coefficient (Wildman–Crippen LogP) is 3.38. The first-order valence-corrected chi connectivity index (χ1v) is 7.69. The molecule has 0 bridgehead atoms. The van der Waals surface area contributed by atoms with E-state index in [1.165, 1.54) is 12.8 Å². The molecule has 1 aromatic carbocycles. The van der Waals surface area contributed by atoms with E-state index in [0.717, 1.165) is 38.6 Å². The SMILES string of the molecule is COc1cccc(C=O)c1OC1CCOC2(CCCC2)C1. The molecule has 4 nitrogen and oxygen atoms in total. The van der Waals surface area contributed by atoms with Crippen LogP contribution >= 0.6 is 0 Å². The molecular weight excluding hydrogens is 268 g/mol. The Morgan fingerprint density at radius 3 is 2.86 bits per heavy atom. The van der Waals surface area contributed by atoms with Crippen molar-refractivity contribution in [2.45, 2.75) is 50.2 Å². The van der Waals surface area contributed by atoms with Gasteiger partial charge in [-0.2, -0.15) is 0 Å². The van der Waals surface area contributed by atoms with E-state index in [-0.39, 0.29) is 11.7 Å². The van der Waals surface area contributed by atoms with Gasteiger partial charge in [-0.25, -0.2) is 0 Å². The second-order valence-electron chi connectivity index (χ2n) is 5.97. The average molecular weight is 290 g/mol.